The smallest absolute Gasteiger partial charge is 0.272 e. The molecule has 0 saturated carbocycles. The van der Waals surface area contributed by atoms with E-state index in [4.69, 9.17) is 9.47 Å². The first-order chi connectivity index (χ1) is 14.5. The highest BCUT2D eigenvalue weighted by Gasteiger charge is 2.17. The molecule has 30 heavy (non-hydrogen) atoms. The Kier molecular flexibility index (Phi) is 5.86. The minimum absolute atomic E-state index is 0.0292. The van der Waals surface area contributed by atoms with Gasteiger partial charge in [-0.05, 0) is 17.9 Å². The van der Waals surface area contributed by atoms with E-state index in [9.17, 15) is 14.9 Å². The summed E-state index contributed by atoms with van der Waals surface area (Å²) in [5.74, 6) is 1.79. The number of carbonyl (C=O) groups excluding carboxylic acids is 1. The standard InChI is InChI=1S/C20H17N3O5S2/c1-29-8-7-22-15-10-16-17(28-12-27-16)11-18(15)30-20(22)21-19(24)6-5-13-3-2-4-14(9-13)23(25)26/h2-6,9-11H,7-8,12H2,1H3. The Hall–Kier alpha value is -3.11. The van der Waals surface area contributed by atoms with Gasteiger partial charge in [0.15, 0.2) is 16.3 Å². The van der Waals surface area contributed by atoms with Gasteiger partial charge in [-0.15, -0.1) is 0 Å². The van der Waals surface area contributed by atoms with Gasteiger partial charge in [-0.25, -0.2) is 0 Å². The molecule has 10 heteroatoms. The molecular weight excluding hydrogens is 426 g/mol. The highest BCUT2D eigenvalue weighted by Crippen LogP contribution is 2.37. The number of carbonyl (C=O) groups is 1. The van der Waals surface area contributed by atoms with Gasteiger partial charge in [-0.1, -0.05) is 23.5 Å². The predicted octanol–water partition coefficient (Wildman–Crippen LogP) is 3.84. The monoisotopic (exact) mass is 443 g/mol. The second-order valence-corrected chi connectivity index (χ2v) is 8.33. The van der Waals surface area contributed by atoms with Crippen molar-refractivity contribution in [2.75, 3.05) is 18.8 Å². The van der Waals surface area contributed by atoms with E-state index in [1.54, 1.807) is 23.9 Å². The van der Waals surface area contributed by atoms with Gasteiger partial charge in [0, 0.05) is 42.6 Å². The Balaban J connectivity index is 1.68. The van der Waals surface area contributed by atoms with Gasteiger partial charge in [0.25, 0.3) is 11.6 Å². The summed E-state index contributed by atoms with van der Waals surface area (Å²) in [6.45, 7) is 0.900. The lowest BCUT2D eigenvalue weighted by Gasteiger charge is -2.04. The van der Waals surface area contributed by atoms with E-state index in [1.807, 2.05) is 23.0 Å². The van der Waals surface area contributed by atoms with Crippen LogP contribution in [-0.4, -0.2) is 34.2 Å². The van der Waals surface area contributed by atoms with Crippen molar-refractivity contribution in [2.45, 2.75) is 6.54 Å². The second-order valence-electron chi connectivity index (χ2n) is 6.34. The minimum atomic E-state index is -0.472. The molecule has 0 unspecified atom stereocenters. The molecule has 1 aliphatic rings. The van der Waals surface area contributed by atoms with Crippen molar-refractivity contribution in [1.29, 1.82) is 0 Å². The Morgan fingerprint density at radius 1 is 1.33 bits per heavy atom. The number of aromatic nitrogens is 1. The molecule has 0 saturated heterocycles. The van der Waals surface area contributed by atoms with Crippen molar-refractivity contribution in [2.24, 2.45) is 4.99 Å². The summed E-state index contributed by atoms with van der Waals surface area (Å²) < 4.78 is 13.9. The normalized spacial score (nSPS) is 13.4. The lowest BCUT2D eigenvalue weighted by molar-refractivity contribution is -0.384. The number of hydrogen-bond donors (Lipinski definition) is 0. The summed E-state index contributed by atoms with van der Waals surface area (Å²) in [4.78, 5) is 27.7. The SMILES string of the molecule is CSCCn1c(=NC(=O)C=Cc2cccc([N+](=O)[O-])c2)sc2cc3c(cc21)OCO3. The number of non-ortho nitro benzene ring substituents is 1. The first-order valence-corrected chi connectivity index (χ1v) is 11.2. The molecule has 1 aliphatic heterocycles. The highest BCUT2D eigenvalue weighted by atomic mass is 32.2. The third-order valence-corrected chi connectivity index (χ3v) is 6.03. The molecule has 4 rings (SSSR count). The molecule has 154 valence electrons. The van der Waals surface area contributed by atoms with E-state index in [0.717, 1.165) is 16.0 Å². The molecule has 8 nitrogen and oxygen atoms in total. The molecule has 2 heterocycles. The van der Waals surface area contributed by atoms with Crippen molar-refractivity contribution >= 4 is 51.0 Å². The van der Waals surface area contributed by atoms with Crippen molar-refractivity contribution in [3.05, 3.63) is 63.0 Å². The topological polar surface area (TPSA) is 96.0 Å². The average Bonchev–Trinajstić information content (AvgIpc) is 3.32. The quantitative estimate of drug-likeness (QED) is 0.326. The van der Waals surface area contributed by atoms with Crippen LogP contribution in [-0.2, 0) is 11.3 Å². The summed E-state index contributed by atoms with van der Waals surface area (Å²) in [5, 5.41) is 10.9. The second kappa shape index (κ2) is 8.72. The summed E-state index contributed by atoms with van der Waals surface area (Å²) in [5.41, 5.74) is 1.47. The van der Waals surface area contributed by atoms with E-state index in [-0.39, 0.29) is 12.5 Å². The zero-order chi connectivity index (χ0) is 21.1. The van der Waals surface area contributed by atoms with Crippen LogP contribution in [0.1, 0.15) is 5.56 Å². The number of thioether (sulfide) groups is 1. The number of benzene rings is 2. The molecule has 0 fully saturated rings. The van der Waals surface area contributed by atoms with E-state index in [1.165, 1.54) is 35.6 Å². The van der Waals surface area contributed by atoms with Crippen LogP contribution in [0.15, 0.2) is 47.5 Å². The number of hydrogen-bond acceptors (Lipinski definition) is 7. The molecule has 1 amide bonds. The van der Waals surface area contributed by atoms with Crippen LogP contribution < -0.4 is 14.3 Å². The van der Waals surface area contributed by atoms with E-state index < -0.39 is 10.8 Å². The minimum Gasteiger partial charge on any atom is -0.454 e. The van der Waals surface area contributed by atoms with Gasteiger partial charge in [-0.3, -0.25) is 14.9 Å². The van der Waals surface area contributed by atoms with E-state index in [0.29, 0.717) is 28.4 Å². The summed E-state index contributed by atoms with van der Waals surface area (Å²) >= 11 is 3.11. The summed E-state index contributed by atoms with van der Waals surface area (Å²) in [6, 6.07) is 9.89. The van der Waals surface area contributed by atoms with Crippen LogP contribution in [0.4, 0.5) is 5.69 Å². The van der Waals surface area contributed by atoms with Gasteiger partial charge in [0.2, 0.25) is 6.79 Å². The molecule has 0 atom stereocenters. The van der Waals surface area contributed by atoms with E-state index >= 15 is 0 Å². The molecule has 0 bridgehead atoms. The summed E-state index contributed by atoms with van der Waals surface area (Å²) in [6.07, 6.45) is 4.86. The Labute approximate surface area is 179 Å². The highest BCUT2D eigenvalue weighted by molar-refractivity contribution is 7.98. The number of aryl methyl sites for hydroxylation is 1. The Bertz CT molecular complexity index is 1230. The van der Waals surface area contributed by atoms with E-state index in [2.05, 4.69) is 4.99 Å². The van der Waals surface area contributed by atoms with Crippen LogP contribution in [0.3, 0.4) is 0 Å². The number of amides is 1. The molecule has 0 aliphatic carbocycles. The summed E-state index contributed by atoms with van der Waals surface area (Å²) in [7, 11) is 0. The largest absolute Gasteiger partial charge is 0.454 e. The zero-order valence-corrected chi connectivity index (χ0v) is 17.6. The number of nitro benzene ring substituents is 1. The molecular formula is C20H17N3O5S2. The average molecular weight is 444 g/mol. The molecule has 0 spiro atoms. The van der Waals surface area contributed by atoms with Crippen LogP contribution in [0.5, 0.6) is 11.5 Å². The Morgan fingerprint density at radius 2 is 2.13 bits per heavy atom. The molecule has 0 radical (unpaired) electrons. The van der Waals surface area contributed by atoms with Crippen LogP contribution in [0, 0.1) is 10.1 Å². The van der Waals surface area contributed by atoms with Crippen LogP contribution in [0.25, 0.3) is 16.3 Å². The number of rotatable bonds is 6. The molecule has 2 aromatic carbocycles. The lowest BCUT2D eigenvalue weighted by Crippen LogP contribution is -2.17. The molecule has 0 N–H and O–H groups in total. The maximum atomic E-state index is 12.5. The number of nitro groups is 1. The number of nitrogens with zero attached hydrogens (tertiary/aromatic N) is 3. The fraction of sp³-hybridized carbons (Fsp3) is 0.200. The number of thiazole rings is 1. The van der Waals surface area contributed by atoms with Crippen molar-refractivity contribution in [3.8, 4) is 11.5 Å². The van der Waals surface area contributed by atoms with Gasteiger partial charge in [0.05, 0.1) is 15.1 Å². The lowest BCUT2D eigenvalue weighted by atomic mass is 10.2. The fourth-order valence-corrected chi connectivity index (χ4v) is 4.42. The first kappa shape index (κ1) is 20.2. The zero-order valence-electron chi connectivity index (χ0n) is 15.9. The van der Waals surface area contributed by atoms with Crippen molar-refractivity contribution in [3.63, 3.8) is 0 Å². The molecule has 1 aromatic heterocycles. The van der Waals surface area contributed by atoms with Crippen molar-refractivity contribution in [1.82, 2.24) is 4.57 Å². The van der Waals surface area contributed by atoms with Gasteiger partial charge < -0.3 is 14.0 Å². The third kappa shape index (κ3) is 4.24. The third-order valence-electron chi connectivity index (χ3n) is 4.40. The van der Waals surface area contributed by atoms with Crippen molar-refractivity contribution < 1.29 is 19.2 Å². The van der Waals surface area contributed by atoms with Crippen LogP contribution in [0.2, 0.25) is 0 Å². The van der Waals surface area contributed by atoms with Gasteiger partial charge >= 0.3 is 0 Å². The maximum Gasteiger partial charge on any atom is 0.272 e. The maximum absolute atomic E-state index is 12.5. The van der Waals surface area contributed by atoms with Crippen LogP contribution >= 0.6 is 23.1 Å². The fourth-order valence-electron chi connectivity index (χ4n) is 2.98. The number of fused-ring (bicyclic) bond motifs is 2. The number of ether oxygens (including phenoxy) is 2. The van der Waals surface area contributed by atoms with Gasteiger partial charge in [0.1, 0.15) is 0 Å². The molecule has 3 aromatic rings. The van der Waals surface area contributed by atoms with Gasteiger partial charge in [-0.2, -0.15) is 16.8 Å². The Morgan fingerprint density at radius 3 is 2.90 bits per heavy atom. The first-order valence-electron chi connectivity index (χ1n) is 8.98. The predicted molar refractivity (Wildman–Crippen MR) is 117 cm³/mol.